The van der Waals surface area contributed by atoms with Crippen LogP contribution in [0.15, 0.2) is 54.6 Å². The van der Waals surface area contributed by atoms with E-state index in [9.17, 15) is 14.4 Å². The van der Waals surface area contributed by atoms with Crippen molar-refractivity contribution in [1.29, 1.82) is 0 Å². The van der Waals surface area contributed by atoms with Gasteiger partial charge >= 0.3 is 5.97 Å². The van der Waals surface area contributed by atoms with Crippen molar-refractivity contribution >= 4 is 17.7 Å². The van der Waals surface area contributed by atoms with Crippen LogP contribution in [0.2, 0.25) is 0 Å². The van der Waals surface area contributed by atoms with Crippen LogP contribution in [0.4, 0.5) is 0 Å². The molecule has 0 spiro atoms. The van der Waals surface area contributed by atoms with Gasteiger partial charge < -0.3 is 9.64 Å². The molecule has 0 N–H and O–H groups in total. The third-order valence-corrected chi connectivity index (χ3v) is 5.51. The van der Waals surface area contributed by atoms with Gasteiger partial charge in [0.1, 0.15) is 0 Å². The summed E-state index contributed by atoms with van der Waals surface area (Å²) in [5.41, 5.74) is 0.927. The van der Waals surface area contributed by atoms with Gasteiger partial charge in [-0.15, -0.1) is 0 Å². The Hall–Kier alpha value is -2.95. The van der Waals surface area contributed by atoms with E-state index in [2.05, 4.69) is 0 Å². The molecule has 1 aliphatic heterocycles. The molecule has 5 heteroatoms. The second-order valence-corrected chi connectivity index (χ2v) is 7.66. The van der Waals surface area contributed by atoms with Gasteiger partial charge in [-0.25, -0.2) is 4.79 Å². The molecule has 1 saturated heterocycles. The van der Waals surface area contributed by atoms with E-state index in [-0.39, 0.29) is 34.9 Å². The van der Waals surface area contributed by atoms with E-state index in [1.807, 2.05) is 24.8 Å². The Bertz CT molecular complexity index is 883. The topological polar surface area (TPSA) is 63.7 Å². The van der Waals surface area contributed by atoms with Crippen LogP contribution in [0.25, 0.3) is 0 Å². The summed E-state index contributed by atoms with van der Waals surface area (Å²) in [6.07, 6.45) is 2.08. The molecular weight excluding hydrogens is 366 g/mol. The molecule has 3 rings (SSSR count). The van der Waals surface area contributed by atoms with Crippen molar-refractivity contribution < 1.29 is 19.1 Å². The molecule has 2 aromatic carbocycles. The van der Waals surface area contributed by atoms with Crippen LogP contribution in [0, 0.1) is 0 Å². The third kappa shape index (κ3) is 4.56. The summed E-state index contributed by atoms with van der Waals surface area (Å²) in [6, 6.07) is 15.6. The quantitative estimate of drug-likeness (QED) is 0.563. The first-order valence-corrected chi connectivity index (χ1v) is 10.1. The minimum atomic E-state index is -0.912. The van der Waals surface area contributed by atoms with Crippen molar-refractivity contribution in [3.05, 3.63) is 71.3 Å². The number of piperidine rings is 1. The van der Waals surface area contributed by atoms with E-state index >= 15 is 0 Å². The second kappa shape index (κ2) is 9.03. The summed E-state index contributed by atoms with van der Waals surface area (Å²) in [6.45, 7) is 5.64. The largest absolute Gasteiger partial charge is 0.449 e. The zero-order valence-corrected chi connectivity index (χ0v) is 17.1. The number of likely N-dealkylation sites (tertiary alicyclic amines) is 1. The number of nitrogens with zero attached hydrogens (tertiary/aromatic N) is 1. The Kier molecular flexibility index (Phi) is 6.47. The van der Waals surface area contributed by atoms with E-state index < -0.39 is 12.1 Å². The summed E-state index contributed by atoms with van der Waals surface area (Å²) < 4.78 is 5.49. The smallest absolute Gasteiger partial charge is 0.339 e. The van der Waals surface area contributed by atoms with Crippen molar-refractivity contribution in [2.45, 2.75) is 58.2 Å². The van der Waals surface area contributed by atoms with Gasteiger partial charge in [0.2, 0.25) is 0 Å². The van der Waals surface area contributed by atoms with Crippen LogP contribution < -0.4 is 0 Å². The van der Waals surface area contributed by atoms with Crippen LogP contribution in [0.5, 0.6) is 0 Å². The summed E-state index contributed by atoms with van der Waals surface area (Å²) in [7, 11) is 0. The molecule has 152 valence electrons. The maximum absolute atomic E-state index is 12.9. The molecule has 0 saturated carbocycles. The summed E-state index contributed by atoms with van der Waals surface area (Å²) in [5.74, 6) is -1.11. The average Bonchev–Trinajstić information content (AvgIpc) is 2.73. The number of benzene rings is 2. The number of esters is 1. The molecule has 0 aromatic heterocycles. The van der Waals surface area contributed by atoms with Gasteiger partial charge in [-0.2, -0.15) is 0 Å². The zero-order valence-electron chi connectivity index (χ0n) is 17.1. The second-order valence-electron chi connectivity index (χ2n) is 7.66. The van der Waals surface area contributed by atoms with Crippen molar-refractivity contribution in [2.24, 2.45) is 0 Å². The number of hydrogen-bond donors (Lipinski definition) is 0. The highest BCUT2D eigenvalue weighted by atomic mass is 16.5. The molecule has 1 amide bonds. The average molecular weight is 393 g/mol. The number of ether oxygens (including phenoxy) is 1. The lowest BCUT2D eigenvalue weighted by molar-refractivity contribution is -0.146. The standard InChI is InChI=1S/C24H27NO4/c1-16-10-9-11-17(2)25(16)23(27)18(3)29-24(28)21-15-8-7-14-20(21)22(26)19-12-5-4-6-13-19/h4-8,12-18H,9-11H2,1-3H3/t16-,17-,18-/m1/s1. The molecule has 0 bridgehead atoms. The Balaban J connectivity index is 1.77. The van der Waals surface area contributed by atoms with Crippen LogP contribution in [-0.2, 0) is 9.53 Å². The molecule has 0 aliphatic carbocycles. The fourth-order valence-corrected chi connectivity index (χ4v) is 3.94. The normalized spacial score (nSPS) is 20.0. The van der Waals surface area contributed by atoms with E-state index in [0.29, 0.717) is 5.56 Å². The monoisotopic (exact) mass is 393 g/mol. The van der Waals surface area contributed by atoms with Crippen molar-refractivity contribution in [1.82, 2.24) is 4.90 Å². The van der Waals surface area contributed by atoms with Gasteiger partial charge in [-0.3, -0.25) is 9.59 Å². The number of hydrogen-bond acceptors (Lipinski definition) is 4. The van der Waals surface area contributed by atoms with E-state index in [4.69, 9.17) is 4.74 Å². The predicted octanol–water partition coefficient (Wildman–Crippen LogP) is 4.25. The maximum atomic E-state index is 12.9. The highest BCUT2D eigenvalue weighted by molar-refractivity contribution is 6.14. The number of amides is 1. The molecule has 1 aliphatic rings. The van der Waals surface area contributed by atoms with Gasteiger partial charge in [0, 0.05) is 23.2 Å². The Morgan fingerprint density at radius 1 is 0.897 bits per heavy atom. The Morgan fingerprint density at radius 2 is 1.45 bits per heavy atom. The molecule has 2 aromatic rings. The highest BCUT2D eigenvalue weighted by Crippen LogP contribution is 2.24. The number of carbonyl (C=O) groups is 3. The zero-order chi connectivity index (χ0) is 21.0. The van der Waals surface area contributed by atoms with Crippen molar-refractivity contribution in [2.75, 3.05) is 0 Å². The SMILES string of the molecule is C[C@@H]1CCC[C@@H](C)N1C(=O)[C@@H](C)OC(=O)c1ccccc1C(=O)c1ccccc1. The maximum Gasteiger partial charge on any atom is 0.339 e. The third-order valence-electron chi connectivity index (χ3n) is 5.51. The first-order valence-electron chi connectivity index (χ1n) is 10.1. The van der Waals surface area contributed by atoms with Gasteiger partial charge in [0.25, 0.3) is 5.91 Å². The number of carbonyl (C=O) groups excluding carboxylic acids is 3. The first-order chi connectivity index (χ1) is 13.9. The minimum absolute atomic E-state index is 0.124. The van der Waals surface area contributed by atoms with E-state index in [0.717, 1.165) is 19.3 Å². The Morgan fingerprint density at radius 3 is 2.07 bits per heavy atom. The lowest BCUT2D eigenvalue weighted by Gasteiger charge is -2.40. The van der Waals surface area contributed by atoms with Crippen LogP contribution in [0.3, 0.4) is 0 Å². The molecule has 0 unspecified atom stereocenters. The number of rotatable bonds is 5. The molecule has 1 heterocycles. The highest BCUT2D eigenvalue weighted by Gasteiger charge is 2.33. The molecule has 1 fully saturated rings. The minimum Gasteiger partial charge on any atom is -0.449 e. The predicted molar refractivity (Wildman–Crippen MR) is 111 cm³/mol. The van der Waals surface area contributed by atoms with Gasteiger partial charge in [0.05, 0.1) is 5.56 Å². The summed E-state index contributed by atoms with van der Waals surface area (Å²) in [5, 5.41) is 0. The molecule has 5 nitrogen and oxygen atoms in total. The van der Waals surface area contributed by atoms with Crippen molar-refractivity contribution in [3.63, 3.8) is 0 Å². The summed E-state index contributed by atoms with van der Waals surface area (Å²) >= 11 is 0. The Labute approximate surface area is 171 Å². The van der Waals surface area contributed by atoms with E-state index in [1.54, 1.807) is 55.5 Å². The molecule has 0 radical (unpaired) electrons. The molecule has 29 heavy (non-hydrogen) atoms. The van der Waals surface area contributed by atoms with Gasteiger partial charge in [0.15, 0.2) is 11.9 Å². The van der Waals surface area contributed by atoms with Crippen LogP contribution in [-0.4, -0.2) is 40.7 Å². The summed E-state index contributed by atoms with van der Waals surface area (Å²) in [4.78, 5) is 40.4. The molecular formula is C24H27NO4. The van der Waals surface area contributed by atoms with Gasteiger partial charge in [-0.05, 0) is 46.1 Å². The fraction of sp³-hybridized carbons (Fsp3) is 0.375. The lowest BCUT2D eigenvalue weighted by Crippen LogP contribution is -2.51. The van der Waals surface area contributed by atoms with Gasteiger partial charge in [-0.1, -0.05) is 48.5 Å². The van der Waals surface area contributed by atoms with Crippen LogP contribution >= 0.6 is 0 Å². The van der Waals surface area contributed by atoms with Crippen molar-refractivity contribution in [3.8, 4) is 0 Å². The lowest BCUT2D eigenvalue weighted by atomic mass is 9.97. The van der Waals surface area contributed by atoms with E-state index in [1.165, 1.54) is 0 Å². The molecule has 3 atom stereocenters. The van der Waals surface area contributed by atoms with Crippen LogP contribution in [0.1, 0.15) is 66.3 Å². The first kappa shape index (κ1) is 20.8. The number of ketones is 1. The fourth-order valence-electron chi connectivity index (χ4n) is 3.94.